The van der Waals surface area contributed by atoms with Crippen molar-refractivity contribution < 1.29 is 23.9 Å². The number of aromatic amines is 1. The van der Waals surface area contributed by atoms with Crippen molar-refractivity contribution in [3.63, 3.8) is 0 Å². The lowest BCUT2D eigenvalue weighted by Crippen LogP contribution is -2.61. The van der Waals surface area contributed by atoms with Gasteiger partial charge in [0.15, 0.2) is 0 Å². The van der Waals surface area contributed by atoms with Crippen LogP contribution in [0.3, 0.4) is 0 Å². The van der Waals surface area contributed by atoms with E-state index in [-0.39, 0.29) is 41.9 Å². The molecule has 220 valence electrons. The molecule has 1 aliphatic heterocycles. The smallest absolute Gasteiger partial charge is 0.329 e. The summed E-state index contributed by atoms with van der Waals surface area (Å²) in [7, 11) is 0. The second kappa shape index (κ2) is 12.6. The molecule has 40 heavy (non-hydrogen) atoms. The highest BCUT2D eigenvalue weighted by Gasteiger charge is 2.52. The molecule has 2 heterocycles. The Morgan fingerprint density at radius 3 is 2.40 bits per heavy atom. The zero-order chi connectivity index (χ0) is 29.0. The number of likely N-dealkylation sites (tertiary alicyclic amines) is 1. The molecule has 1 aromatic heterocycles. The van der Waals surface area contributed by atoms with E-state index < -0.39 is 40.9 Å². The van der Waals surface area contributed by atoms with Gasteiger partial charge >= 0.3 is 5.97 Å². The van der Waals surface area contributed by atoms with E-state index in [0.717, 1.165) is 51.4 Å². The van der Waals surface area contributed by atoms with E-state index in [4.69, 9.17) is 4.74 Å². The number of ether oxygens (including phenoxy) is 1. The molecule has 10 nitrogen and oxygen atoms in total. The van der Waals surface area contributed by atoms with Gasteiger partial charge in [-0.05, 0) is 61.8 Å². The largest absolute Gasteiger partial charge is 0.464 e. The fourth-order valence-corrected chi connectivity index (χ4v) is 6.77. The van der Waals surface area contributed by atoms with E-state index in [9.17, 15) is 24.0 Å². The Balaban J connectivity index is 1.58. The standard InChI is InChI=1S/C30H44N4O6/c1-5-40-29(39)24-20-14-9-13-19(20)17-34(24)28(38)25(30(2,3)4)33-27(37)23(18-11-7-6-8-12-18)32-26(36)21-15-10-16-22(35)31-21/h10,15-16,18-20,23-25H,5-9,11-14,17H2,1-4H3,(H,31,35)(H,32,36)(H,33,37)/t19-,20-,23-,24-,25+/m0/s1. The van der Waals surface area contributed by atoms with Crippen molar-refractivity contribution in [3.8, 4) is 0 Å². The van der Waals surface area contributed by atoms with Gasteiger partial charge in [0.25, 0.3) is 5.91 Å². The number of H-pyrrole nitrogens is 1. The Kier molecular flexibility index (Phi) is 9.36. The number of hydrogen-bond donors (Lipinski definition) is 3. The fraction of sp³-hybridized carbons (Fsp3) is 0.700. The van der Waals surface area contributed by atoms with Crippen molar-refractivity contribution in [2.24, 2.45) is 23.2 Å². The highest BCUT2D eigenvalue weighted by Crippen LogP contribution is 2.43. The van der Waals surface area contributed by atoms with Crippen molar-refractivity contribution in [1.29, 1.82) is 0 Å². The zero-order valence-electron chi connectivity index (χ0n) is 24.2. The molecule has 0 aromatic carbocycles. The lowest BCUT2D eigenvalue weighted by molar-refractivity contribution is -0.156. The molecule has 3 fully saturated rings. The van der Waals surface area contributed by atoms with Crippen LogP contribution in [0.25, 0.3) is 0 Å². The molecule has 0 unspecified atom stereocenters. The van der Waals surface area contributed by atoms with Crippen LogP contribution in [0.2, 0.25) is 0 Å². The Bertz CT molecular complexity index is 1150. The van der Waals surface area contributed by atoms with Gasteiger partial charge < -0.3 is 25.3 Å². The third-order valence-electron chi connectivity index (χ3n) is 8.80. The summed E-state index contributed by atoms with van der Waals surface area (Å²) in [5, 5.41) is 5.84. The van der Waals surface area contributed by atoms with Gasteiger partial charge in [-0.1, -0.05) is 52.5 Å². The van der Waals surface area contributed by atoms with Gasteiger partial charge in [-0.15, -0.1) is 0 Å². The van der Waals surface area contributed by atoms with E-state index in [0.29, 0.717) is 6.54 Å². The van der Waals surface area contributed by atoms with Crippen LogP contribution < -0.4 is 16.2 Å². The maximum absolute atomic E-state index is 14.1. The molecule has 1 saturated heterocycles. The van der Waals surface area contributed by atoms with E-state index in [1.165, 1.54) is 18.2 Å². The van der Waals surface area contributed by atoms with Crippen LogP contribution in [0, 0.1) is 23.2 Å². The molecule has 3 aliphatic rings. The monoisotopic (exact) mass is 556 g/mol. The minimum absolute atomic E-state index is 0.0709. The summed E-state index contributed by atoms with van der Waals surface area (Å²) in [6.45, 7) is 8.12. The Labute approximate surface area is 236 Å². The number of nitrogens with zero attached hydrogens (tertiary/aromatic N) is 1. The lowest BCUT2D eigenvalue weighted by Gasteiger charge is -2.38. The highest BCUT2D eigenvalue weighted by atomic mass is 16.5. The Morgan fingerprint density at radius 2 is 1.75 bits per heavy atom. The molecule has 3 N–H and O–H groups in total. The van der Waals surface area contributed by atoms with Gasteiger partial charge in [-0.3, -0.25) is 19.2 Å². The molecule has 1 aromatic rings. The van der Waals surface area contributed by atoms with Crippen molar-refractivity contribution in [2.45, 2.75) is 97.2 Å². The summed E-state index contributed by atoms with van der Waals surface area (Å²) in [6.07, 6.45) is 7.40. The zero-order valence-corrected chi connectivity index (χ0v) is 24.2. The molecule has 0 radical (unpaired) electrons. The van der Waals surface area contributed by atoms with E-state index in [1.807, 2.05) is 20.8 Å². The first-order valence-corrected chi connectivity index (χ1v) is 14.8. The summed E-state index contributed by atoms with van der Waals surface area (Å²) < 4.78 is 5.38. The summed E-state index contributed by atoms with van der Waals surface area (Å²) in [5.74, 6) is -1.43. The van der Waals surface area contributed by atoms with Crippen LogP contribution in [0.5, 0.6) is 0 Å². The maximum atomic E-state index is 14.1. The van der Waals surface area contributed by atoms with E-state index in [2.05, 4.69) is 15.6 Å². The van der Waals surface area contributed by atoms with E-state index >= 15 is 0 Å². The summed E-state index contributed by atoms with van der Waals surface area (Å²) >= 11 is 0. The number of amides is 3. The predicted molar refractivity (Wildman–Crippen MR) is 149 cm³/mol. The highest BCUT2D eigenvalue weighted by molar-refractivity contribution is 5.98. The number of carbonyl (C=O) groups is 4. The first kappa shape index (κ1) is 29.8. The van der Waals surface area contributed by atoms with Gasteiger partial charge in [0, 0.05) is 12.6 Å². The topological polar surface area (TPSA) is 138 Å². The number of esters is 1. The summed E-state index contributed by atoms with van der Waals surface area (Å²) in [5.41, 5.74) is -0.989. The molecule has 5 atom stereocenters. The number of rotatable bonds is 8. The number of carbonyl (C=O) groups excluding carboxylic acids is 4. The van der Waals surface area contributed by atoms with Gasteiger partial charge in [0.1, 0.15) is 23.8 Å². The second-order valence-electron chi connectivity index (χ2n) is 12.6. The molecule has 3 amide bonds. The number of pyridine rings is 1. The normalized spacial score (nSPS) is 24.6. The SMILES string of the molecule is CCOC(=O)[C@@H]1[C@H]2CCC[C@H]2CN1C(=O)[C@@H](NC(=O)[C@@H](NC(=O)c1cccc(=O)[nH]1)C1CCCCC1)C(C)(C)C. The van der Waals surface area contributed by atoms with Crippen LogP contribution in [-0.2, 0) is 19.1 Å². The predicted octanol–water partition coefficient (Wildman–Crippen LogP) is 2.77. The number of fused-ring (bicyclic) bond motifs is 1. The van der Waals surface area contributed by atoms with E-state index in [1.54, 1.807) is 11.8 Å². The van der Waals surface area contributed by atoms with Crippen molar-refractivity contribution in [1.82, 2.24) is 20.5 Å². The van der Waals surface area contributed by atoms with Crippen LogP contribution in [-0.4, -0.2) is 64.9 Å². The average molecular weight is 557 g/mol. The van der Waals surface area contributed by atoms with Crippen LogP contribution in [0.1, 0.15) is 89.5 Å². The van der Waals surface area contributed by atoms with Gasteiger partial charge in [0.05, 0.1) is 6.61 Å². The maximum Gasteiger partial charge on any atom is 0.329 e. The number of aromatic nitrogens is 1. The third kappa shape index (κ3) is 6.58. The molecular formula is C30H44N4O6. The molecule has 2 aliphatic carbocycles. The molecule has 4 rings (SSSR count). The van der Waals surface area contributed by atoms with Gasteiger partial charge in [-0.2, -0.15) is 0 Å². The Hall–Kier alpha value is -3.17. The first-order chi connectivity index (χ1) is 19.0. The van der Waals surface area contributed by atoms with Crippen molar-refractivity contribution in [3.05, 3.63) is 34.2 Å². The summed E-state index contributed by atoms with van der Waals surface area (Å²) in [4.78, 5) is 70.1. The molecule has 10 heteroatoms. The van der Waals surface area contributed by atoms with Crippen LogP contribution in [0.15, 0.2) is 23.0 Å². The quantitative estimate of drug-likeness (QED) is 0.421. The van der Waals surface area contributed by atoms with Gasteiger partial charge in [0.2, 0.25) is 17.4 Å². The summed E-state index contributed by atoms with van der Waals surface area (Å²) in [6, 6.07) is 1.88. The molecular weight excluding hydrogens is 512 g/mol. The molecule has 2 saturated carbocycles. The second-order valence-corrected chi connectivity index (χ2v) is 12.6. The van der Waals surface area contributed by atoms with Crippen molar-refractivity contribution in [2.75, 3.05) is 13.2 Å². The average Bonchev–Trinajstić information content (AvgIpc) is 3.51. The lowest BCUT2D eigenvalue weighted by atomic mass is 9.82. The van der Waals surface area contributed by atoms with Crippen LogP contribution in [0.4, 0.5) is 0 Å². The Morgan fingerprint density at radius 1 is 1.02 bits per heavy atom. The van der Waals surface area contributed by atoms with Crippen molar-refractivity contribution >= 4 is 23.7 Å². The number of nitrogens with one attached hydrogen (secondary N) is 3. The van der Waals surface area contributed by atoms with Crippen LogP contribution >= 0.6 is 0 Å². The first-order valence-electron chi connectivity index (χ1n) is 14.8. The third-order valence-corrected chi connectivity index (χ3v) is 8.80. The minimum atomic E-state index is -0.907. The molecule has 0 bridgehead atoms. The fourth-order valence-electron chi connectivity index (χ4n) is 6.77. The van der Waals surface area contributed by atoms with Gasteiger partial charge in [-0.25, -0.2) is 4.79 Å². The minimum Gasteiger partial charge on any atom is -0.464 e. The number of hydrogen-bond acceptors (Lipinski definition) is 6. The molecule has 0 spiro atoms.